The van der Waals surface area contributed by atoms with E-state index in [-0.39, 0.29) is 6.61 Å². The van der Waals surface area contributed by atoms with Crippen LogP contribution in [0, 0.1) is 0 Å². The summed E-state index contributed by atoms with van der Waals surface area (Å²) in [6.45, 7) is 0.192. The standard InChI is InChI=1S/C14H10N6O2S/c1-3-10(20-9-15-18-19-20)7-11(4-1)21-8-13-16-17-14(22-13)12-5-2-6-23-12/h1-7,9H,8H2. The molecule has 0 amide bonds. The molecule has 9 heteroatoms. The maximum Gasteiger partial charge on any atom is 0.257 e. The average Bonchev–Trinajstić information content (AvgIpc) is 3.35. The number of nitrogens with zero attached hydrogens (tertiary/aromatic N) is 6. The molecular formula is C14H10N6O2S. The molecule has 0 spiro atoms. The molecule has 0 unspecified atom stereocenters. The number of hydrogen-bond donors (Lipinski definition) is 0. The Morgan fingerprint density at radius 3 is 3.00 bits per heavy atom. The van der Waals surface area contributed by atoms with E-state index in [9.17, 15) is 0 Å². The summed E-state index contributed by atoms with van der Waals surface area (Å²) in [5.74, 6) is 1.58. The van der Waals surface area contributed by atoms with Crippen molar-refractivity contribution in [3.8, 4) is 22.2 Å². The van der Waals surface area contributed by atoms with Crippen molar-refractivity contribution in [2.45, 2.75) is 6.61 Å². The predicted octanol–water partition coefficient (Wildman–Crippen LogP) is 2.35. The van der Waals surface area contributed by atoms with Crippen LogP contribution in [-0.2, 0) is 6.61 Å². The summed E-state index contributed by atoms with van der Waals surface area (Å²) in [4.78, 5) is 0.935. The van der Waals surface area contributed by atoms with E-state index in [4.69, 9.17) is 9.15 Å². The van der Waals surface area contributed by atoms with Crippen molar-refractivity contribution in [3.63, 3.8) is 0 Å². The molecule has 23 heavy (non-hydrogen) atoms. The zero-order chi connectivity index (χ0) is 15.5. The minimum atomic E-state index is 0.192. The lowest BCUT2D eigenvalue weighted by atomic mass is 10.3. The summed E-state index contributed by atoms with van der Waals surface area (Å²) in [6.07, 6.45) is 1.52. The molecule has 0 fully saturated rings. The van der Waals surface area contributed by atoms with Crippen LogP contribution in [0.2, 0.25) is 0 Å². The smallest absolute Gasteiger partial charge is 0.257 e. The van der Waals surface area contributed by atoms with E-state index in [1.807, 2.05) is 41.8 Å². The van der Waals surface area contributed by atoms with Crippen LogP contribution in [0.4, 0.5) is 0 Å². The van der Waals surface area contributed by atoms with Crippen LogP contribution in [0.15, 0.2) is 52.5 Å². The van der Waals surface area contributed by atoms with Gasteiger partial charge in [0.15, 0.2) is 6.61 Å². The Bertz CT molecular complexity index is 888. The number of hydrogen-bond acceptors (Lipinski definition) is 8. The Balaban J connectivity index is 1.46. The number of ether oxygens (including phenoxy) is 1. The predicted molar refractivity (Wildman–Crippen MR) is 81.1 cm³/mol. The highest BCUT2D eigenvalue weighted by Crippen LogP contribution is 2.23. The summed E-state index contributed by atoms with van der Waals surface area (Å²) in [7, 11) is 0. The molecule has 8 nitrogen and oxygen atoms in total. The van der Waals surface area contributed by atoms with Crippen LogP contribution in [0.1, 0.15) is 5.89 Å². The van der Waals surface area contributed by atoms with E-state index in [2.05, 4.69) is 25.7 Å². The van der Waals surface area contributed by atoms with Gasteiger partial charge < -0.3 is 9.15 Å². The van der Waals surface area contributed by atoms with Crippen molar-refractivity contribution in [2.24, 2.45) is 0 Å². The fourth-order valence-corrected chi connectivity index (χ4v) is 2.60. The summed E-state index contributed by atoms with van der Waals surface area (Å²) in [6, 6.07) is 11.3. The Morgan fingerprint density at radius 1 is 1.17 bits per heavy atom. The molecule has 4 rings (SSSR count). The van der Waals surface area contributed by atoms with Crippen molar-refractivity contribution < 1.29 is 9.15 Å². The van der Waals surface area contributed by atoms with Gasteiger partial charge in [0.2, 0.25) is 0 Å². The molecule has 114 valence electrons. The van der Waals surface area contributed by atoms with Gasteiger partial charge in [-0.2, -0.15) is 0 Å². The molecule has 0 saturated carbocycles. The highest BCUT2D eigenvalue weighted by atomic mass is 32.1. The van der Waals surface area contributed by atoms with E-state index < -0.39 is 0 Å². The van der Waals surface area contributed by atoms with E-state index >= 15 is 0 Å². The Kier molecular flexibility index (Phi) is 3.53. The van der Waals surface area contributed by atoms with E-state index in [1.165, 1.54) is 6.33 Å². The van der Waals surface area contributed by atoms with E-state index in [0.717, 1.165) is 10.6 Å². The van der Waals surface area contributed by atoms with Crippen LogP contribution in [-0.4, -0.2) is 30.4 Å². The first-order valence-electron chi connectivity index (χ1n) is 6.71. The Labute approximate surface area is 134 Å². The molecule has 0 aliphatic rings. The van der Waals surface area contributed by atoms with Crippen LogP contribution < -0.4 is 4.74 Å². The maximum absolute atomic E-state index is 5.69. The lowest BCUT2D eigenvalue weighted by molar-refractivity contribution is 0.264. The molecule has 0 saturated heterocycles. The van der Waals surface area contributed by atoms with Gasteiger partial charge in [-0.3, -0.25) is 0 Å². The first kappa shape index (κ1) is 13.6. The molecular weight excluding hydrogens is 316 g/mol. The number of rotatable bonds is 5. The van der Waals surface area contributed by atoms with Gasteiger partial charge in [0, 0.05) is 6.07 Å². The van der Waals surface area contributed by atoms with Crippen LogP contribution in [0.25, 0.3) is 16.5 Å². The van der Waals surface area contributed by atoms with Gasteiger partial charge in [0.05, 0.1) is 10.6 Å². The van der Waals surface area contributed by atoms with Crippen LogP contribution in [0.3, 0.4) is 0 Å². The molecule has 1 aromatic carbocycles. The van der Waals surface area contributed by atoms with Crippen molar-refractivity contribution >= 4 is 11.3 Å². The molecule has 0 N–H and O–H groups in total. The largest absolute Gasteiger partial charge is 0.484 e. The van der Waals surface area contributed by atoms with Gasteiger partial charge in [-0.15, -0.1) is 26.6 Å². The van der Waals surface area contributed by atoms with Gasteiger partial charge in [-0.05, 0) is 34.0 Å². The SMILES string of the molecule is c1cc(OCc2nnc(-c3cccs3)o2)cc(-n2cnnn2)c1. The molecule has 0 aliphatic heterocycles. The number of aromatic nitrogens is 6. The van der Waals surface area contributed by atoms with Crippen LogP contribution >= 0.6 is 11.3 Å². The monoisotopic (exact) mass is 326 g/mol. The van der Waals surface area contributed by atoms with Gasteiger partial charge in [0.25, 0.3) is 11.8 Å². The zero-order valence-electron chi connectivity index (χ0n) is 11.7. The topological polar surface area (TPSA) is 91.8 Å². The highest BCUT2D eigenvalue weighted by molar-refractivity contribution is 7.13. The summed E-state index contributed by atoms with van der Waals surface area (Å²) >= 11 is 1.55. The third-order valence-corrected chi connectivity index (χ3v) is 3.85. The lowest BCUT2D eigenvalue weighted by Gasteiger charge is -2.05. The molecule has 4 aromatic rings. The van der Waals surface area contributed by atoms with Crippen molar-refractivity contribution in [2.75, 3.05) is 0 Å². The molecule has 0 aliphatic carbocycles. The lowest BCUT2D eigenvalue weighted by Crippen LogP contribution is -1.98. The fraction of sp³-hybridized carbons (Fsp3) is 0.0714. The number of thiophene rings is 1. The Hall–Kier alpha value is -3.07. The zero-order valence-corrected chi connectivity index (χ0v) is 12.6. The van der Waals surface area contributed by atoms with Crippen molar-refractivity contribution in [3.05, 3.63) is 54.0 Å². The van der Waals surface area contributed by atoms with Gasteiger partial charge >= 0.3 is 0 Å². The minimum Gasteiger partial charge on any atom is -0.484 e. The normalized spacial score (nSPS) is 10.8. The van der Waals surface area contributed by atoms with Gasteiger partial charge in [0.1, 0.15) is 12.1 Å². The molecule has 0 radical (unpaired) electrons. The second-order valence-electron chi connectivity index (χ2n) is 4.52. The molecule has 0 atom stereocenters. The number of tetrazole rings is 1. The highest BCUT2D eigenvalue weighted by Gasteiger charge is 2.10. The minimum absolute atomic E-state index is 0.192. The van der Waals surface area contributed by atoms with E-state index in [0.29, 0.717) is 17.5 Å². The Morgan fingerprint density at radius 2 is 2.17 bits per heavy atom. The quantitative estimate of drug-likeness (QED) is 0.556. The third kappa shape index (κ3) is 2.94. The average molecular weight is 326 g/mol. The second-order valence-corrected chi connectivity index (χ2v) is 5.47. The second kappa shape index (κ2) is 5.97. The first-order valence-corrected chi connectivity index (χ1v) is 7.59. The van der Waals surface area contributed by atoms with Crippen molar-refractivity contribution in [1.29, 1.82) is 0 Å². The third-order valence-electron chi connectivity index (χ3n) is 2.99. The molecule has 0 bridgehead atoms. The van der Waals surface area contributed by atoms with Crippen LogP contribution in [0.5, 0.6) is 5.75 Å². The van der Waals surface area contributed by atoms with Gasteiger partial charge in [-0.25, -0.2) is 4.68 Å². The maximum atomic E-state index is 5.69. The molecule has 3 aromatic heterocycles. The summed E-state index contributed by atoms with van der Waals surface area (Å²) < 4.78 is 12.8. The molecule has 3 heterocycles. The van der Waals surface area contributed by atoms with Crippen molar-refractivity contribution in [1.82, 2.24) is 30.4 Å². The number of benzene rings is 1. The van der Waals surface area contributed by atoms with Gasteiger partial charge in [-0.1, -0.05) is 12.1 Å². The fourth-order valence-electron chi connectivity index (χ4n) is 1.95. The first-order chi connectivity index (χ1) is 11.4. The van der Waals surface area contributed by atoms with E-state index in [1.54, 1.807) is 16.0 Å². The summed E-state index contributed by atoms with van der Waals surface area (Å²) in [5.41, 5.74) is 0.803. The summed E-state index contributed by atoms with van der Waals surface area (Å²) in [5, 5.41) is 21.0.